The van der Waals surface area contributed by atoms with Crippen LogP contribution in [0.2, 0.25) is 0 Å². The van der Waals surface area contributed by atoms with Crippen LogP contribution in [0, 0.1) is 18.3 Å². The molecule has 0 fully saturated rings. The fraction of sp³-hybridized carbons (Fsp3) is 0.333. The van der Waals surface area contributed by atoms with Crippen molar-refractivity contribution in [3.8, 4) is 6.07 Å². The first-order valence-electron chi connectivity index (χ1n) is 5.05. The number of carbonyl (C=O) groups is 1. The van der Waals surface area contributed by atoms with Crippen molar-refractivity contribution in [2.75, 3.05) is 19.3 Å². The van der Waals surface area contributed by atoms with E-state index >= 15 is 0 Å². The summed E-state index contributed by atoms with van der Waals surface area (Å²) in [7, 11) is 1.69. The smallest absolute Gasteiger partial charge is 0.253 e. The van der Waals surface area contributed by atoms with Crippen molar-refractivity contribution in [2.24, 2.45) is 0 Å². The lowest BCUT2D eigenvalue weighted by atomic mass is 10.1. The van der Waals surface area contributed by atoms with Crippen LogP contribution >= 0.6 is 0 Å². The Morgan fingerprint density at radius 1 is 1.56 bits per heavy atom. The molecule has 0 atom stereocenters. The van der Waals surface area contributed by atoms with E-state index < -0.39 is 0 Å². The van der Waals surface area contributed by atoms with Gasteiger partial charge in [0.2, 0.25) is 0 Å². The van der Waals surface area contributed by atoms with Gasteiger partial charge in [0, 0.05) is 24.8 Å². The van der Waals surface area contributed by atoms with Crippen molar-refractivity contribution >= 4 is 11.6 Å². The molecule has 0 aliphatic heterocycles. The molecule has 16 heavy (non-hydrogen) atoms. The molecule has 1 aromatic carbocycles. The van der Waals surface area contributed by atoms with Gasteiger partial charge in [-0.15, -0.1) is 0 Å². The summed E-state index contributed by atoms with van der Waals surface area (Å²) in [6.07, 6.45) is 0.343. The molecule has 4 nitrogen and oxygen atoms in total. The van der Waals surface area contributed by atoms with Gasteiger partial charge in [-0.05, 0) is 30.7 Å². The van der Waals surface area contributed by atoms with Crippen LogP contribution in [0.5, 0.6) is 0 Å². The molecule has 2 N–H and O–H groups in total. The molecule has 0 saturated carbocycles. The van der Waals surface area contributed by atoms with Crippen molar-refractivity contribution in [1.82, 2.24) is 4.90 Å². The highest BCUT2D eigenvalue weighted by Gasteiger charge is 2.11. The molecule has 0 radical (unpaired) electrons. The number of nitrogens with two attached hydrogens (primary N) is 1. The topological polar surface area (TPSA) is 70.1 Å². The summed E-state index contributed by atoms with van der Waals surface area (Å²) < 4.78 is 0. The number of hydrogen-bond acceptors (Lipinski definition) is 3. The Morgan fingerprint density at radius 3 is 2.81 bits per heavy atom. The van der Waals surface area contributed by atoms with Gasteiger partial charge < -0.3 is 10.6 Å². The van der Waals surface area contributed by atoms with Crippen LogP contribution in [-0.2, 0) is 0 Å². The summed E-state index contributed by atoms with van der Waals surface area (Å²) in [4.78, 5) is 13.4. The minimum Gasteiger partial charge on any atom is -0.399 e. The SMILES string of the molecule is Cc1cc(C(=O)N(C)CCC#N)ccc1N. The van der Waals surface area contributed by atoms with E-state index in [1.165, 1.54) is 4.90 Å². The van der Waals surface area contributed by atoms with E-state index in [2.05, 4.69) is 0 Å². The molecule has 1 rings (SSSR count). The maximum Gasteiger partial charge on any atom is 0.253 e. The monoisotopic (exact) mass is 217 g/mol. The first kappa shape index (κ1) is 12.1. The standard InChI is InChI=1S/C12H15N3O/c1-9-8-10(4-5-11(9)14)12(16)15(2)7-3-6-13/h4-5,8H,3,7,14H2,1-2H3. The average molecular weight is 217 g/mol. The van der Waals surface area contributed by atoms with Crippen LogP contribution in [0.25, 0.3) is 0 Å². The lowest BCUT2D eigenvalue weighted by Gasteiger charge is -2.15. The number of nitriles is 1. The van der Waals surface area contributed by atoms with Crippen molar-refractivity contribution < 1.29 is 4.79 Å². The fourth-order valence-corrected chi connectivity index (χ4v) is 1.35. The third kappa shape index (κ3) is 2.74. The third-order valence-corrected chi connectivity index (χ3v) is 2.42. The number of nitrogen functional groups attached to an aromatic ring is 1. The van der Waals surface area contributed by atoms with Crippen molar-refractivity contribution in [2.45, 2.75) is 13.3 Å². The second-order valence-electron chi connectivity index (χ2n) is 3.71. The summed E-state index contributed by atoms with van der Waals surface area (Å²) in [5.41, 5.74) is 7.85. The zero-order valence-corrected chi connectivity index (χ0v) is 9.53. The van der Waals surface area contributed by atoms with E-state index in [0.29, 0.717) is 24.2 Å². The van der Waals surface area contributed by atoms with Gasteiger partial charge in [0.15, 0.2) is 0 Å². The number of carbonyl (C=O) groups excluding carboxylic acids is 1. The highest BCUT2D eigenvalue weighted by Crippen LogP contribution is 2.14. The van der Waals surface area contributed by atoms with Gasteiger partial charge in [0.05, 0.1) is 12.5 Å². The predicted molar refractivity (Wildman–Crippen MR) is 62.8 cm³/mol. The number of anilines is 1. The molecule has 0 saturated heterocycles. The van der Waals surface area contributed by atoms with Gasteiger partial charge >= 0.3 is 0 Å². The Bertz CT molecular complexity index is 434. The molecule has 0 aromatic heterocycles. The maximum absolute atomic E-state index is 11.9. The van der Waals surface area contributed by atoms with Crippen LogP contribution < -0.4 is 5.73 Å². The van der Waals surface area contributed by atoms with Gasteiger partial charge in [0.25, 0.3) is 5.91 Å². The van der Waals surface area contributed by atoms with Crippen LogP contribution in [0.15, 0.2) is 18.2 Å². The molecular formula is C12H15N3O. The predicted octanol–water partition coefficient (Wildman–Crippen LogP) is 1.56. The fourth-order valence-electron chi connectivity index (χ4n) is 1.35. The number of benzene rings is 1. The number of hydrogen-bond donors (Lipinski definition) is 1. The van der Waals surface area contributed by atoms with Crippen molar-refractivity contribution in [3.63, 3.8) is 0 Å². The average Bonchev–Trinajstić information content (AvgIpc) is 2.28. The summed E-state index contributed by atoms with van der Waals surface area (Å²) in [6, 6.07) is 7.20. The Kier molecular flexibility index (Phi) is 3.90. The van der Waals surface area contributed by atoms with Crippen LogP contribution in [0.1, 0.15) is 22.3 Å². The van der Waals surface area contributed by atoms with E-state index in [1.54, 1.807) is 25.2 Å². The Morgan fingerprint density at radius 2 is 2.25 bits per heavy atom. The normalized spacial score (nSPS) is 9.56. The molecule has 0 heterocycles. The first-order valence-corrected chi connectivity index (χ1v) is 5.05. The second-order valence-corrected chi connectivity index (χ2v) is 3.71. The van der Waals surface area contributed by atoms with Gasteiger partial charge in [-0.1, -0.05) is 0 Å². The van der Waals surface area contributed by atoms with E-state index in [-0.39, 0.29) is 5.91 Å². The number of aryl methyl sites for hydroxylation is 1. The van der Waals surface area contributed by atoms with E-state index in [4.69, 9.17) is 11.0 Å². The lowest BCUT2D eigenvalue weighted by molar-refractivity contribution is 0.0798. The molecule has 0 aliphatic carbocycles. The molecule has 0 bridgehead atoms. The summed E-state index contributed by atoms with van der Waals surface area (Å²) in [5, 5.41) is 8.44. The van der Waals surface area contributed by atoms with Crippen LogP contribution in [0.3, 0.4) is 0 Å². The number of nitrogens with zero attached hydrogens (tertiary/aromatic N) is 2. The molecule has 1 aromatic rings. The van der Waals surface area contributed by atoms with Crippen molar-refractivity contribution in [3.05, 3.63) is 29.3 Å². The van der Waals surface area contributed by atoms with E-state index in [0.717, 1.165) is 5.56 Å². The molecule has 0 aliphatic rings. The van der Waals surface area contributed by atoms with Crippen molar-refractivity contribution in [1.29, 1.82) is 5.26 Å². The third-order valence-electron chi connectivity index (χ3n) is 2.42. The van der Waals surface area contributed by atoms with Gasteiger partial charge in [-0.2, -0.15) is 5.26 Å². The van der Waals surface area contributed by atoms with Gasteiger partial charge in [-0.25, -0.2) is 0 Å². The van der Waals surface area contributed by atoms with E-state index in [9.17, 15) is 4.79 Å². The highest BCUT2D eigenvalue weighted by molar-refractivity contribution is 5.94. The minimum atomic E-state index is -0.0849. The molecule has 0 unspecified atom stereocenters. The molecule has 0 spiro atoms. The number of amides is 1. The second kappa shape index (κ2) is 5.17. The van der Waals surface area contributed by atoms with Gasteiger partial charge in [0.1, 0.15) is 0 Å². The molecule has 1 amide bonds. The van der Waals surface area contributed by atoms with Gasteiger partial charge in [-0.3, -0.25) is 4.79 Å². The zero-order valence-electron chi connectivity index (χ0n) is 9.53. The number of rotatable bonds is 3. The largest absolute Gasteiger partial charge is 0.399 e. The zero-order chi connectivity index (χ0) is 12.1. The Balaban J connectivity index is 2.80. The Labute approximate surface area is 95.3 Å². The van der Waals surface area contributed by atoms with E-state index in [1.807, 2.05) is 13.0 Å². The molecular weight excluding hydrogens is 202 g/mol. The summed E-state index contributed by atoms with van der Waals surface area (Å²) in [5.74, 6) is -0.0849. The molecule has 84 valence electrons. The van der Waals surface area contributed by atoms with Crippen LogP contribution in [-0.4, -0.2) is 24.4 Å². The molecule has 4 heteroatoms. The quantitative estimate of drug-likeness (QED) is 0.781. The first-order chi connectivity index (χ1) is 7.56. The summed E-state index contributed by atoms with van der Waals surface area (Å²) in [6.45, 7) is 2.31. The lowest BCUT2D eigenvalue weighted by Crippen LogP contribution is -2.27. The summed E-state index contributed by atoms with van der Waals surface area (Å²) >= 11 is 0. The maximum atomic E-state index is 11.9. The Hall–Kier alpha value is -2.02. The van der Waals surface area contributed by atoms with Crippen LogP contribution in [0.4, 0.5) is 5.69 Å². The highest BCUT2D eigenvalue weighted by atomic mass is 16.2. The minimum absolute atomic E-state index is 0.0849.